The number of halogens is 2. The molecule has 1 unspecified atom stereocenters. The summed E-state index contributed by atoms with van der Waals surface area (Å²) in [5, 5.41) is 27.4. The normalized spacial score (nSPS) is 12.0. The lowest BCUT2D eigenvalue weighted by atomic mass is 10.1. The van der Waals surface area contributed by atoms with E-state index >= 15 is 0 Å². The van der Waals surface area contributed by atoms with Crippen molar-refractivity contribution >= 4 is 51.5 Å². The van der Waals surface area contributed by atoms with Crippen molar-refractivity contribution in [3.05, 3.63) is 41.4 Å². The minimum absolute atomic E-state index is 0. The van der Waals surface area contributed by atoms with Crippen molar-refractivity contribution in [2.45, 2.75) is 6.10 Å². The molecule has 0 saturated heterocycles. The van der Waals surface area contributed by atoms with E-state index in [4.69, 9.17) is 26.4 Å². The van der Waals surface area contributed by atoms with Crippen molar-refractivity contribution in [1.29, 1.82) is 0 Å². The fraction of sp³-hybridized carbons (Fsp3) is 0.316. The summed E-state index contributed by atoms with van der Waals surface area (Å²) in [4.78, 5) is 4.70. The first-order valence-electron chi connectivity index (χ1n) is 8.43. The van der Waals surface area contributed by atoms with Crippen LogP contribution in [0, 0.1) is 0 Å². The third-order valence-electron chi connectivity index (χ3n) is 4.14. The van der Waals surface area contributed by atoms with Crippen molar-refractivity contribution < 1.29 is 14.9 Å². The van der Waals surface area contributed by atoms with Gasteiger partial charge in [-0.3, -0.25) is 0 Å². The standard InChI is InChI=1S/C19H22ClN3O3.ClH/c1-26-14-3-5-17-16(9-14)19(22-7-6-21-10-13(25)11-24)15-4-2-12(20)8-18(15)23-17;/h2-5,8-9,13,21,24-25H,6-7,10-11H2,1H3,(H,22,23);1H. The molecule has 0 saturated carbocycles. The van der Waals surface area contributed by atoms with Crippen molar-refractivity contribution in [3.8, 4) is 5.75 Å². The molecule has 6 nitrogen and oxygen atoms in total. The third kappa shape index (κ3) is 5.12. The summed E-state index contributed by atoms with van der Waals surface area (Å²) in [5.41, 5.74) is 2.64. The van der Waals surface area contributed by atoms with Gasteiger partial charge < -0.3 is 25.6 Å². The summed E-state index contributed by atoms with van der Waals surface area (Å²) in [7, 11) is 1.64. The number of aliphatic hydroxyl groups excluding tert-OH is 2. The van der Waals surface area contributed by atoms with Crippen molar-refractivity contribution in [3.63, 3.8) is 0 Å². The van der Waals surface area contributed by atoms with Crippen molar-refractivity contribution in [1.82, 2.24) is 10.3 Å². The largest absolute Gasteiger partial charge is 0.497 e. The number of nitrogens with zero attached hydrogens (tertiary/aromatic N) is 1. The van der Waals surface area contributed by atoms with Gasteiger partial charge in [-0.2, -0.15) is 0 Å². The smallest absolute Gasteiger partial charge is 0.119 e. The van der Waals surface area contributed by atoms with Crippen LogP contribution in [0.25, 0.3) is 21.8 Å². The highest BCUT2D eigenvalue weighted by Crippen LogP contribution is 2.33. The Bertz CT molecular complexity index is 908. The third-order valence-corrected chi connectivity index (χ3v) is 4.37. The van der Waals surface area contributed by atoms with Gasteiger partial charge in [0.25, 0.3) is 0 Å². The molecule has 4 N–H and O–H groups in total. The Morgan fingerprint density at radius 1 is 1.11 bits per heavy atom. The number of anilines is 1. The van der Waals surface area contributed by atoms with E-state index in [9.17, 15) is 5.11 Å². The Balaban J connectivity index is 0.00000261. The van der Waals surface area contributed by atoms with E-state index in [1.807, 2.05) is 36.4 Å². The van der Waals surface area contributed by atoms with Crippen LogP contribution in [0.15, 0.2) is 36.4 Å². The molecule has 2 aromatic carbocycles. The summed E-state index contributed by atoms with van der Waals surface area (Å²) in [6.45, 7) is 1.38. The Labute approximate surface area is 168 Å². The number of methoxy groups -OCH3 is 1. The molecule has 27 heavy (non-hydrogen) atoms. The number of rotatable bonds is 8. The Morgan fingerprint density at radius 2 is 1.93 bits per heavy atom. The predicted molar refractivity (Wildman–Crippen MR) is 113 cm³/mol. The number of hydrogen-bond acceptors (Lipinski definition) is 6. The molecule has 0 aliphatic rings. The summed E-state index contributed by atoms with van der Waals surface area (Å²) >= 11 is 6.12. The first kappa shape index (κ1) is 21.5. The van der Waals surface area contributed by atoms with Gasteiger partial charge in [0.15, 0.2) is 0 Å². The molecule has 1 heterocycles. The van der Waals surface area contributed by atoms with Gasteiger partial charge in [-0.05, 0) is 36.4 Å². The number of aliphatic hydroxyl groups is 2. The zero-order chi connectivity index (χ0) is 18.5. The van der Waals surface area contributed by atoms with Gasteiger partial charge in [0, 0.05) is 35.4 Å². The van der Waals surface area contributed by atoms with E-state index in [1.165, 1.54) is 0 Å². The monoisotopic (exact) mass is 411 g/mol. The summed E-state index contributed by atoms with van der Waals surface area (Å²) < 4.78 is 5.35. The first-order valence-corrected chi connectivity index (χ1v) is 8.80. The molecule has 3 aromatic rings. The van der Waals surface area contributed by atoms with Gasteiger partial charge in [0.05, 0.1) is 36.5 Å². The van der Waals surface area contributed by atoms with E-state index in [2.05, 4.69) is 10.6 Å². The second-order valence-electron chi connectivity index (χ2n) is 6.00. The quantitative estimate of drug-likeness (QED) is 0.336. The number of ether oxygens (including phenoxy) is 1. The van der Waals surface area contributed by atoms with Crippen LogP contribution in [0.2, 0.25) is 5.02 Å². The molecule has 0 bridgehead atoms. The fourth-order valence-electron chi connectivity index (χ4n) is 2.82. The highest BCUT2D eigenvalue weighted by atomic mass is 35.5. The molecular weight excluding hydrogens is 389 g/mol. The SMILES string of the molecule is COc1ccc2nc3cc(Cl)ccc3c(NCCNCC(O)CO)c2c1.Cl. The zero-order valence-electron chi connectivity index (χ0n) is 14.9. The maximum absolute atomic E-state index is 9.37. The average Bonchev–Trinajstić information content (AvgIpc) is 2.66. The second kappa shape index (κ2) is 9.92. The molecule has 0 amide bonds. The van der Waals surface area contributed by atoms with Gasteiger partial charge in [-0.25, -0.2) is 4.98 Å². The number of pyridine rings is 1. The van der Waals surface area contributed by atoms with E-state index < -0.39 is 6.10 Å². The summed E-state index contributed by atoms with van der Waals surface area (Å²) in [6.07, 6.45) is -0.746. The number of benzene rings is 2. The molecule has 8 heteroatoms. The molecule has 1 atom stereocenters. The van der Waals surface area contributed by atoms with E-state index in [-0.39, 0.29) is 19.0 Å². The van der Waals surface area contributed by atoms with E-state index in [0.717, 1.165) is 33.2 Å². The summed E-state index contributed by atoms with van der Waals surface area (Å²) in [5.74, 6) is 0.764. The second-order valence-corrected chi connectivity index (χ2v) is 6.44. The number of aromatic nitrogens is 1. The van der Waals surface area contributed by atoms with Crippen LogP contribution >= 0.6 is 24.0 Å². The number of nitrogens with one attached hydrogen (secondary N) is 2. The molecule has 0 aliphatic carbocycles. The highest BCUT2D eigenvalue weighted by molar-refractivity contribution is 6.31. The predicted octanol–water partition coefficient (Wildman–Crippen LogP) is 2.83. The van der Waals surface area contributed by atoms with Gasteiger partial charge in [0.2, 0.25) is 0 Å². The maximum atomic E-state index is 9.37. The van der Waals surface area contributed by atoms with Crippen LogP contribution in [-0.4, -0.2) is 54.7 Å². The molecule has 3 rings (SSSR count). The Morgan fingerprint density at radius 3 is 2.67 bits per heavy atom. The van der Waals surface area contributed by atoms with Crippen LogP contribution in [0.1, 0.15) is 0 Å². The van der Waals surface area contributed by atoms with Gasteiger partial charge in [-0.1, -0.05) is 11.6 Å². The minimum atomic E-state index is -0.746. The Hall–Kier alpha value is -1.83. The van der Waals surface area contributed by atoms with Crippen LogP contribution in [0.3, 0.4) is 0 Å². The minimum Gasteiger partial charge on any atom is -0.497 e. The number of fused-ring (bicyclic) bond motifs is 2. The molecule has 0 fully saturated rings. The topological polar surface area (TPSA) is 86.6 Å². The molecule has 0 spiro atoms. The number of hydrogen-bond donors (Lipinski definition) is 4. The molecular formula is C19H23Cl2N3O3. The first-order chi connectivity index (χ1) is 12.6. The van der Waals surface area contributed by atoms with Gasteiger partial charge >= 0.3 is 0 Å². The van der Waals surface area contributed by atoms with Crippen LogP contribution in [0.5, 0.6) is 5.75 Å². The average molecular weight is 412 g/mol. The molecule has 146 valence electrons. The maximum Gasteiger partial charge on any atom is 0.119 e. The lowest BCUT2D eigenvalue weighted by Crippen LogP contribution is -2.32. The van der Waals surface area contributed by atoms with Gasteiger partial charge in [0.1, 0.15) is 5.75 Å². The fourth-order valence-corrected chi connectivity index (χ4v) is 2.99. The van der Waals surface area contributed by atoms with Crippen LogP contribution < -0.4 is 15.4 Å². The lowest BCUT2D eigenvalue weighted by Gasteiger charge is -2.15. The molecule has 0 aliphatic heterocycles. The van der Waals surface area contributed by atoms with Gasteiger partial charge in [-0.15, -0.1) is 12.4 Å². The van der Waals surface area contributed by atoms with Crippen LogP contribution in [0.4, 0.5) is 5.69 Å². The molecule has 0 radical (unpaired) electrons. The highest BCUT2D eigenvalue weighted by Gasteiger charge is 2.11. The van der Waals surface area contributed by atoms with E-state index in [0.29, 0.717) is 24.7 Å². The van der Waals surface area contributed by atoms with Crippen molar-refractivity contribution in [2.24, 2.45) is 0 Å². The Kier molecular flexibility index (Phi) is 7.89. The van der Waals surface area contributed by atoms with Crippen molar-refractivity contribution in [2.75, 3.05) is 38.7 Å². The van der Waals surface area contributed by atoms with E-state index in [1.54, 1.807) is 7.11 Å². The zero-order valence-corrected chi connectivity index (χ0v) is 16.5. The summed E-state index contributed by atoms with van der Waals surface area (Å²) in [6, 6.07) is 11.4. The lowest BCUT2D eigenvalue weighted by molar-refractivity contribution is 0.0949. The van der Waals surface area contributed by atoms with Crippen LogP contribution in [-0.2, 0) is 0 Å². The molecule has 1 aromatic heterocycles.